The summed E-state index contributed by atoms with van der Waals surface area (Å²) >= 11 is 0. The van der Waals surface area contributed by atoms with Crippen LogP contribution in [0.25, 0.3) is 0 Å². The van der Waals surface area contributed by atoms with Gasteiger partial charge >= 0.3 is 0 Å². The highest BCUT2D eigenvalue weighted by atomic mass is 16.3. The van der Waals surface area contributed by atoms with E-state index in [0.717, 1.165) is 12.2 Å². The molecule has 124 valence electrons. The van der Waals surface area contributed by atoms with Gasteiger partial charge in [-0.05, 0) is 47.1 Å². The Morgan fingerprint density at radius 1 is 1.27 bits per heavy atom. The lowest BCUT2D eigenvalue weighted by Crippen LogP contribution is -2.41. The molecular weight excluding hydrogens is 280 g/mol. The number of carbonyl (C=O) groups is 2. The molecule has 1 unspecified atom stereocenters. The minimum atomic E-state index is -0.0685. The van der Waals surface area contributed by atoms with Gasteiger partial charge in [0.1, 0.15) is 11.5 Å². The summed E-state index contributed by atoms with van der Waals surface area (Å²) in [5.41, 5.74) is 0.585. The van der Waals surface area contributed by atoms with E-state index in [-0.39, 0.29) is 23.9 Å². The van der Waals surface area contributed by atoms with E-state index in [1.165, 1.54) is 0 Å². The number of nitrogens with one attached hydrogen (secondary N) is 1. The second-order valence-corrected chi connectivity index (χ2v) is 6.05. The first-order chi connectivity index (χ1) is 10.3. The maximum atomic E-state index is 12.7. The highest BCUT2D eigenvalue weighted by Gasteiger charge is 2.24. The molecule has 0 bridgehead atoms. The van der Waals surface area contributed by atoms with E-state index in [4.69, 9.17) is 4.42 Å². The van der Waals surface area contributed by atoms with Gasteiger partial charge in [-0.2, -0.15) is 0 Å². The van der Waals surface area contributed by atoms with Crippen molar-refractivity contribution in [2.75, 3.05) is 6.54 Å². The molecule has 0 saturated carbocycles. The van der Waals surface area contributed by atoms with Crippen molar-refractivity contribution in [1.29, 1.82) is 0 Å². The van der Waals surface area contributed by atoms with Crippen LogP contribution in [0.5, 0.6) is 0 Å². The SMILES string of the molecule is CCC(C)N(CCC(=O)NC(C)C)C(=O)c1cc(C)oc1C. The van der Waals surface area contributed by atoms with Crippen LogP contribution in [-0.4, -0.2) is 35.3 Å². The Bertz CT molecular complexity index is 520. The molecule has 0 fully saturated rings. The van der Waals surface area contributed by atoms with Crippen LogP contribution in [0.1, 0.15) is 62.4 Å². The first-order valence-corrected chi connectivity index (χ1v) is 7.93. The first kappa shape index (κ1) is 18.3. The van der Waals surface area contributed by atoms with Gasteiger partial charge in [-0.15, -0.1) is 0 Å². The van der Waals surface area contributed by atoms with Gasteiger partial charge in [-0.3, -0.25) is 9.59 Å². The molecule has 0 aromatic carbocycles. The minimum absolute atomic E-state index is 0.0313. The third-order valence-electron chi connectivity index (χ3n) is 3.68. The van der Waals surface area contributed by atoms with Crippen molar-refractivity contribution >= 4 is 11.8 Å². The number of aryl methyl sites for hydroxylation is 2. The van der Waals surface area contributed by atoms with Gasteiger partial charge in [0.05, 0.1) is 5.56 Å². The normalized spacial score (nSPS) is 12.3. The van der Waals surface area contributed by atoms with E-state index in [0.29, 0.717) is 24.3 Å². The monoisotopic (exact) mass is 308 g/mol. The smallest absolute Gasteiger partial charge is 0.257 e. The lowest BCUT2D eigenvalue weighted by atomic mass is 10.1. The molecule has 1 N–H and O–H groups in total. The first-order valence-electron chi connectivity index (χ1n) is 7.93. The number of hydrogen-bond donors (Lipinski definition) is 1. The van der Waals surface area contributed by atoms with Crippen molar-refractivity contribution in [2.45, 2.75) is 66.5 Å². The molecule has 0 aliphatic rings. The van der Waals surface area contributed by atoms with Crippen LogP contribution in [0.2, 0.25) is 0 Å². The quantitative estimate of drug-likeness (QED) is 0.842. The summed E-state index contributed by atoms with van der Waals surface area (Å²) in [5.74, 6) is 1.25. The highest BCUT2D eigenvalue weighted by Crippen LogP contribution is 2.18. The average molecular weight is 308 g/mol. The summed E-state index contributed by atoms with van der Waals surface area (Å²) < 4.78 is 5.45. The van der Waals surface area contributed by atoms with Crippen molar-refractivity contribution in [1.82, 2.24) is 10.2 Å². The molecule has 1 atom stereocenters. The molecular formula is C17H28N2O3. The van der Waals surface area contributed by atoms with Crippen LogP contribution in [0.3, 0.4) is 0 Å². The number of furan rings is 1. The lowest BCUT2D eigenvalue weighted by molar-refractivity contribution is -0.121. The molecule has 5 nitrogen and oxygen atoms in total. The molecule has 0 saturated heterocycles. The summed E-state index contributed by atoms with van der Waals surface area (Å²) in [6.07, 6.45) is 1.15. The third-order valence-corrected chi connectivity index (χ3v) is 3.68. The predicted octanol–water partition coefficient (Wildman–Crippen LogP) is 3.05. The highest BCUT2D eigenvalue weighted by molar-refractivity contribution is 5.95. The van der Waals surface area contributed by atoms with Gasteiger partial charge in [-0.25, -0.2) is 0 Å². The predicted molar refractivity (Wildman–Crippen MR) is 86.9 cm³/mol. The van der Waals surface area contributed by atoms with E-state index in [2.05, 4.69) is 5.32 Å². The fourth-order valence-electron chi connectivity index (χ4n) is 2.36. The fourth-order valence-corrected chi connectivity index (χ4v) is 2.36. The van der Waals surface area contributed by atoms with Crippen LogP contribution in [0.4, 0.5) is 0 Å². The van der Waals surface area contributed by atoms with Crippen LogP contribution in [0.15, 0.2) is 10.5 Å². The molecule has 1 heterocycles. The van der Waals surface area contributed by atoms with Gasteiger partial charge in [0.25, 0.3) is 5.91 Å². The Hall–Kier alpha value is -1.78. The van der Waals surface area contributed by atoms with Crippen LogP contribution in [0, 0.1) is 13.8 Å². The number of nitrogens with zero attached hydrogens (tertiary/aromatic N) is 1. The molecule has 0 aliphatic heterocycles. The van der Waals surface area contributed by atoms with Gasteiger partial charge in [-0.1, -0.05) is 6.92 Å². The van der Waals surface area contributed by atoms with Gasteiger partial charge in [0.15, 0.2) is 0 Å². The average Bonchev–Trinajstić information content (AvgIpc) is 2.76. The molecule has 22 heavy (non-hydrogen) atoms. The van der Waals surface area contributed by atoms with Crippen LogP contribution < -0.4 is 5.32 Å². The van der Waals surface area contributed by atoms with E-state index < -0.39 is 0 Å². The largest absolute Gasteiger partial charge is 0.466 e. The topological polar surface area (TPSA) is 62.6 Å². The minimum Gasteiger partial charge on any atom is -0.466 e. The molecule has 5 heteroatoms. The zero-order valence-corrected chi connectivity index (χ0v) is 14.5. The zero-order valence-electron chi connectivity index (χ0n) is 14.5. The van der Waals surface area contributed by atoms with E-state index in [1.807, 2.05) is 34.6 Å². The Balaban J connectivity index is 2.82. The lowest BCUT2D eigenvalue weighted by Gasteiger charge is -2.28. The second kappa shape index (κ2) is 8.01. The Labute approximate surface area is 133 Å². The maximum Gasteiger partial charge on any atom is 0.257 e. The van der Waals surface area contributed by atoms with Crippen molar-refractivity contribution in [3.63, 3.8) is 0 Å². The zero-order chi connectivity index (χ0) is 16.9. The molecule has 0 spiro atoms. The number of carbonyl (C=O) groups excluding carboxylic acids is 2. The van der Waals surface area contributed by atoms with Crippen molar-refractivity contribution < 1.29 is 14.0 Å². The molecule has 1 aromatic rings. The van der Waals surface area contributed by atoms with Crippen LogP contribution >= 0.6 is 0 Å². The summed E-state index contributed by atoms with van der Waals surface area (Å²) in [7, 11) is 0. The summed E-state index contributed by atoms with van der Waals surface area (Å²) in [6.45, 7) is 11.9. The molecule has 0 radical (unpaired) electrons. The maximum absolute atomic E-state index is 12.7. The van der Waals surface area contributed by atoms with E-state index in [1.54, 1.807) is 17.9 Å². The Morgan fingerprint density at radius 3 is 2.36 bits per heavy atom. The fraction of sp³-hybridized carbons (Fsp3) is 0.647. The second-order valence-electron chi connectivity index (χ2n) is 6.05. The number of hydrogen-bond acceptors (Lipinski definition) is 3. The van der Waals surface area contributed by atoms with Crippen molar-refractivity contribution in [3.8, 4) is 0 Å². The summed E-state index contributed by atoms with van der Waals surface area (Å²) in [5, 5.41) is 2.85. The van der Waals surface area contributed by atoms with Crippen molar-refractivity contribution in [2.24, 2.45) is 0 Å². The Kier molecular flexibility index (Phi) is 6.65. The van der Waals surface area contributed by atoms with Crippen LogP contribution in [-0.2, 0) is 4.79 Å². The van der Waals surface area contributed by atoms with E-state index >= 15 is 0 Å². The van der Waals surface area contributed by atoms with Gasteiger partial charge in [0.2, 0.25) is 5.91 Å². The summed E-state index contributed by atoms with van der Waals surface area (Å²) in [4.78, 5) is 26.3. The summed E-state index contributed by atoms with van der Waals surface area (Å²) in [6, 6.07) is 1.95. The van der Waals surface area contributed by atoms with E-state index in [9.17, 15) is 9.59 Å². The molecule has 2 amide bonds. The molecule has 1 aromatic heterocycles. The molecule has 0 aliphatic carbocycles. The van der Waals surface area contributed by atoms with Gasteiger partial charge < -0.3 is 14.6 Å². The third kappa shape index (κ3) is 4.90. The van der Waals surface area contributed by atoms with Crippen molar-refractivity contribution in [3.05, 3.63) is 23.2 Å². The standard InChI is InChI=1S/C17H28N2O3/c1-7-12(4)19(9-8-16(20)18-11(2)3)17(21)15-10-13(5)22-14(15)6/h10-12H,7-9H2,1-6H3,(H,18,20). The number of rotatable bonds is 7. The Morgan fingerprint density at radius 2 is 1.91 bits per heavy atom. The molecule has 1 rings (SSSR count). The van der Waals surface area contributed by atoms with Gasteiger partial charge in [0, 0.05) is 25.0 Å². The number of amides is 2.